The lowest BCUT2D eigenvalue weighted by Crippen LogP contribution is -2.31. The highest BCUT2D eigenvalue weighted by molar-refractivity contribution is 6.31. The molecule has 0 aromatic heterocycles. The van der Waals surface area contributed by atoms with Crippen molar-refractivity contribution >= 4 is 29.1 Å². The molecule has 7 heteroatoms. The zero-order valence-corrected chi connectivity index (χ0v) is 13.7. The van der Waals surface area contributed by atoms with E-state index in [0.717, 1.165) is 6.07 Å². The minimum Gasteiger partial charge on any atom is -0.484 e. The Hall–Kier alpha value is -1.85. The van der Waals surface area contributed by atoms with Crippen molar-refractivity contribution in [2.75, 3.05) is 13.7 Å². The molecule has 0 bridgehead atoms. The van der Waals surface area contributed by atoms with Gasteiger partial charge in [0.15, 0.2) is 6.61 Å². The van der Waals surface area contributed by atoms with Gasteiger partial charge in [0.2, 0.25) is 0 Å². The minimum absolute atomic E-state index is 0.0118. The highest BCUT2D eigenvalue weighted by Crippen LogP contribution is 2.22. The van der Waals surface area contributed by atoms with Crippen LogP contribution in [-0.2, 0) is 11.3 Å². The molecule has 0 saturated heterocycles. The number of amides is 1. The third-order valence-electron chi connectivity index (χ3n) is 3.14. The van der Waals surface area contributed by atoms with Crippen LogP contribution in [0.1, 0.15) is 5.56 Å². The molecule has 0 atom stereocenters. The highest BCUT2D eigenvalue weighted by Gasteiger charge is 2.15. The normalized spacial score (nSPS) is 10.5. The first kappa shape index (κ1) is 17.5. The van der Waals surface area contributed by atoms with Crippen LogP contribution in [0.5, 0.6) is 5.75 Å². The average molecular weight is 360 g/mol. The fourth-order valence-electron chi connectivity index (χ4n) is 1.83. The first-order valence-corrected chi connectivity index (χ1v) is 7.38. The Kier molecular flexibility index (Phi) is 5.80. The molecule has 3 nitrogen and oxygen atoms in total. The van der Waals surface area contributed by atoms with E-state index in [4.69, 9.17) is 27.9 Å². The first-order valence-electron chi connectivity index (χ1n) is 6.63. The molecule has 23 heavy (non-hydrogen) atoms. The summed E-state index contributed by atoms with van der Waals surface area (Å²) in [5.74, 6) is -1.17. The molecule has 0 heterocycles. The second-order valence-corrected chi connectivity index (χ2v) is 5.63. The molecule has 1 amide bonds. The Morgan fingerprint density at radius 2 is 1.87 bits per heavy atom. The largest absolute Gasteiger partial charge is 0.484 e. The van der Waals surface area contributed by atoms with Gasteiger partial charge in [0.05, 0.1) is 5.02 Å². The molecular formula is C16H13Cl2F2NO2. The summed E-state index contributed by atoms with van der Waals surface area (Å²) in [5.41, 5.74) is 0.231. The molecule has 2 aromatic rings. The van der Waals surface area contributed by atoms with E-state index in [1.54, 1.807) is 6.07 Å². The molecule has 0 radical (unpaired) electrons. The highest BCUT2D eigenvalue weighted by atomic mass is 35.5. The predicted octanol–water partition coefficient (Wildman–Crippen LogP) is 4.31. The molecule has 2 rings (SSSR count). The fourth-order valence-corrected chi connectivity index (χ4v) is 2.22. The maximum absolute atomic E-state index is 13.7. The van der Waals surface area contributed by atoms with Crippen molar-refractivity contribution in [3.63, 3.8) is 0 Å². The fraction of sp³-hybridized carbons (Fsp3) is 0.188. The molecule has 0 saturated carbocycles. The van der Waals surface area contributed by atoms with Crippen molar-refractivity contribution in [2.24, 2.45) is 0 Å². The van der Waals surface area contributed by atoms with Crippen LogP contribution >= 0.6 is 23.2 Å². The third-order valence-corrected chi connectivity index (χ3v) is 3.78. The minimum atomic E-state index is -0.573. The van der Waals surface area contributed by atoms with Crippen LogP contribution in [0.3, 0.4) is 0 Å². The quantitative estimate of drug-likeness (QED) is 0.795. The van der Waals surface area contributed by atoms with E-state index < -0.39 is 11.6 Å². The zero-order chi connectivity index (χ0) is 17.0. The monoisotopic (exact) mass is 359 g/mol. The van der Waals surface area contributed by atoms with Gasteiger partial charge in [0.1, 0.15) is 17.4 Å². The van der Waals surface area contributed by atoms with E-state index in [9.17, 15) is 13.6 Å². The lowest BCUT2D eigenvalue weighted by atomic mass is 10.2. The molecule has 0 fully saturated rings. The van der Waals surface area contributed by atoms with Crippen molar-refractivity contribution in [3.05, 3.63) is 63.6 Å². The lowest BCUT2D eigenvalue weighted by Gasteiger charge is -2.18. The van der Waals surface area contributed by atoms with Gasteiger partial charge in [-0.3, -0.25) is 4.79 Å². The zero-order valence-electron chi connectivity index (χ0n) is 12.2. The summed E-state index contributed by atoms with van der Waals surface area (Å²) in [6.07, 6.45) is 0. The van der Waals surface area contributed by atoms with E-state index in [2.05, 4.69) is 0 Å². The molecule has 0 unspecified atom stereocenters. The van der Waals surface area contributed by atoms with Gasteiger partial charge in [0, 0.05) is 30.2 Å². The molecule has 122 valence electrons. The smallest absolute Gasteiger partial charge is 0.260 e. The maximum Gasteiger partial charge on any atom is 0.260 e. The van der Waals surface area contributed by atoms with Crippen molar-refractivity contribution in [3.8, 4) is 5.75 Å². The summed E-state index contributed by atoms with van der Waals surface area (Å²) in [6.45, 7) is -0.275. The summed E-state index contributed by atoms with van der Waals surface area (Å²) in [4.78, 5) is 13.3. The van der Waals surface area contributed by atoms with E-state index in [0.29, 0.717) is 0 Å². The maximum atomic E-state index is 13.7. The molecule has 0 aliphatic heterocycles. The standard InChI is InChI=1S/C16H13Cl2F2NO2/c1-21(8-11-12(17)3-2-4-14(11)19)16(22)9-23-10-5-6-15(20)13(18)7-10/h2-7H,8-9H2,1H3. The molecule has 0 aliphatic rings. The molecule has 0 spiro atoms. The van der Waals surface area contributed by atoms with Crippen molar-refractivity contribution < 1.29 is 18.3 Å². The number of likely N-dealkylation sites (N-methyl/N-ethyl adjacent to an activating group) is 1. The van der Waals surface area contributed by atoms with Gasteiger partial charge < -0.3 is 9.64 Å². The van der Waals surface area contributed by atoms with E-state index in [-0.39, 0.29) is 40.4 Å². The number of benzene rings is 2. The Bertz CT molecular complexity index is 705. The summed E-state index contributed by atoms with van der Waals surface area (Å²) >= 11 is 11.6. The number of nitrogens with zero attached hydrogens (tertiary/aromatic N) is 1. The number of ether oxygens (including phenoxy) is 1. The summed E-state index contributed by atoms with van der Waals surface area (Å²) in [7, 11) is 1.51. The van der Waals surface area contributed by atoms with Crippen molar-refractivity contribution in [1.82, 2.24) is 4.90 Å². The van der Waals surface area contributed by atoms with Crippen LogP contribution in [0.4, 0.5) is 8.78 Å². The lowest BCUT2D eigenvalue weighted by molar-refractivity contribution is -0.132. The van der Waals surface area contributed by atoms with E-state index >= 15 is 0 Å². The van der Waals surface area contributed by atoms with Crippen LogP contribution in [-0.4, -0.2) is 24.5 Å². The number of carbonyl (C=O) groups excluding carboxylic acids is 1. The number of hydrogen-bond acceptors (Lipinski definition) is 2. The molecule has 0 aliphatic carbocycles. The van der Waals surface area contributed by atoms with Gasteiger partial charge in [-0.25, -0.2) is 8.78 Å². The molecular weight excluding hydrogens is 347 g/mol. The Balaban J connectivity index is 1.96. The van der Waals surface area contributed by atoms with E-state index in [1.807, 2.05) is 0 Å². The van der Waals surface area contributed by atoms with Crippen LogP contribution in [0.2, 0.25) is 10.0 Å². The van der Waals surface area contributed by atoms with Crippen LogP contribution in [0.25, 0.3) is 0 Å². The van der Waals surface area contributed by atoms with Crippen LogP contribution in [0, 0.1) is 11.6 Å². The predicted molar refractivity (Wildman–Crippen MR) is 84.8 cm³/mol. The van der Waals surface area contributed by atoms with Gasteiger partial charge in [-0.15, -0.1) is 0 Å². The topological polar surface area (TPSA) is 29.5 Å². The number of rotatable bonds is 5. The summed E-state index contributed by atoms with van der Waals surface area (Å²) < 4.78 is 32.0. The van der Waals surface area contributed by atoms with Gasteiger partial charge in [-0.05, 0) is 24.3 Å². The number of carbonyl (C=O) groups is 1. The Morgan fingerprint density at radius 1 is 1.13 bits per heavy atom. The molecule has 2 aromatic carbocycles. The third kappa shape index (κ3) is 4.56. The SMILES string of the molecule is CN(Cc1c(F)cccc1Cl)C(=O)COc1ccc(F)c(Cl)c1. The molecule has 0 N–H and O–H groups in total. The van der Waals surface area contributed by atoms with E-state index in [1.165, 1.54) is 36.2 Å². The number of hydrogen-bond donors (Lipinski definition) is 0. The van der Waals surface area contributed by atoms with Crippen LogP contribution in [0.15, 0.2) is 36.4 Å². The van der Waals surface area contributed by atoms with Gasteiger partial charge in [0.25, 0.3) is 5.91 Å². The van der Waals surface area contributed by atoms with Crippen molar-refractivity contribution in [1.29, 1.82) is 0 Å². The number of halogens is 4. The summed E-state index contributed by atoms with van der Waals surface area (Å²) in [5, 5.41) is 0.150. The van der Waals surface area contributed by atoms with Crippen molar-refractivity contribution in [2.45, 2.75) is 6.54 Å². The van der Waals surface area contributed by atoms with Gasteiger partial charge in [-0.2, -0.15) is 0 Å². The Morgan fingerprint density at radius 3 is 2.52 bits per heavy atom. The summed E-state index contributed by atoms with van der Waals surface area (Å²) in [6, 6.07) is 8.10. The first-order chi connectivity index (χ1) is 10.9. The Labute approximate surface area is 142 Å². The van der Waals surface area contributed by atoms with Gasteiger partial charge in [-0.1, -0.05) is 29.3 Å². The van der Waals surface area contributed by atoms with Crippen LogP contribution < -0.4 is 4.74 Å². The second-order valence-electron chi connectivity index (χ2n) is 4.81. The van der Waals surface area contributed by atoms with Gasteiger partial charge >= 0.3 is 0 Å². The second kappa shape index (κ2) is 7.62. The average Bonchev–Trinajstić information content (AvgIpc) is 2.51.